The van der Waals surface area contributed by atoms with E-state index < -0.39 is 0 Å². The second-order valence-electron chi connectivity index (χ2n) is 5.77. The standard InChI is InChI=1S/C17H18N.ClH/c1-17(2,3)18-15-10-6-4-8-13(15)12-14-9-5-7-11-16(14)18;/h4-12H,1-3H3;1H/q+1;/p-1. The van der Waals surface area contributed by atoms with Crippen molar-refractivity contribution in [3.8, 4) is 0 Å². The van der Waals surface area contributed by atoms with Crippen LogP contribution in [0.3, 0.4) is 0 Å². The molecule has 3 rings (SSSR count). The molecule has 2 aromatic carbocycles. The van der Waals surface area contributed by atoms with Gasteiger partial charge >= 0.3 is 0 Å². The van der Waals surface area contributed by atoms with Crippen molar-refractivity contribution in [2.24, 2.45) is 0 Å². The number of hydrogen-bond acceptors (Lipinski definition) is 0. The Morgan fingerprint density at radius 1 is 0.737 bits per heavy atom. The molecule has 0 radical (unpaired) electrons. The van der Waals surface area contributed by atoms with E-state index in [1.807, 2.05) is 0 Å². The highest BCUT2D eigenvalue weighted by molar-refractivity contribution is 5.88. The van der Waals surface area contributed by atoms with Crippen LogP contribution in [0.15, 0.2) is 54.6 Å². The predicted molar refractivity (Wildman–Crippen MR) is 76.6 cm³/mol. The van der Waals surface area contributed by atoms with E-state index in [0.717, 1.165) is 0 Å². The number of pyridine rings is 1. The average molecular weight is 272 g/mol. The summed E-state index contributed by atoms with van der Waals surface area (Å²) in [5, 5.41) is 2.59. The van der Waals surface area contributed by atoms with Gasteiger partial charge in [-0.05, 0) is 18.2 Å². The number of halogens is 1. The number of aromatic nitrogens is 1. The summed E-state index contributed by atoms with van der Waals surface area (Å²) < 4.78 is 2.43. The maximum absolute atomic E-state index is 2.43. The summed E-state index contributed by atoms with van der Waals surface area (Å²) in [6, 6.07) is 19.5. The van der Waals surface area contributed by atoms with Gasteiger partial charge in [-0.2, -0.15) is 4.57 Å². The lowest BCUT2D eigenvalue weighted by atomic mass is 10.0. The Morgan fingerprint density at radius 2 is 1.16 bits per heavy atom. The Balaban J connectivity index is 0.00000133. The van der Waals surface area contributed by atoms with Crippen molar-refractivity contribution < 1.29 is 17.0 Å². The van der Waals surface area contributed by atoms with Crippen molar-refractivity contribution in [2.75, 3.05) is 0 Å². The lowest BCUT2D eigenvalue weighted by Crippen LogP contribution is -3.00. The zero-order valence-corrected chi connectivity index (χ0v) is 12.3. The topological polar surface area (TPSA) is 3.88 Å². The minimum atomic E-state index is 0. The molecule has 1 heterocycles. The van der Waals surface area contributed by atoms with Crippen LogP contribution in [0.1, 0.15) is 20.8 Å². The number of nitrogens with zero attached hydrogens (tertiary/aromatic N) is 1. The van der Waals surface area contributed by atoms with Crippen LogP contribution in [0, 0.1) is 0 Å². The van der Waals surface area contributed by atoms with Crippen LogP contribution in [-0.2, 0) is 5.54 Å². The molecule has 1 aromatic heterocycles. The van der Waals surface area contributed by atoms with Gasteiger partial charge in [-0.3, -0.25) is 0 Å². The number of hydrogen-bond donors (Lipinski definition) is 0. The highest BCUT2D eigenvalue weighted by Crippen LogP contribution is 2.21. The molecule has 3 aromatic rings. The van der Waals surface area contributed by atoms with Crippen LogP contribution in [0.4, 0.5) is 0 Å². The molecule has 0 aliphatic rings. The van der Waals surface area contributed by atoms with Crippen LogP contribution in [-0.4, -0.2) is 0 Å². The molecular formula is C17H18ClN. The Hall–Kier alpha value is -1.60. The summed E-state index contributed by atoms with van der Waals surface area (Å²) in [5.74, 6) is 0. The molecule has 1 nitrogen and oxygen atoms in total. The smallest absolute Gasteiger partial charge is 0.213 e. The summed E-state index contributed by atoms with van der Waals surface area (Å²) in [6.07, 6.45) is 0. The second-order valence-corrected chi connectivity index (χ2v) is 5.77. The van der Waals surface area contributed by atoms with Gasteiger partial charge in [0.05, 0.1) is 0 Å². The van der Waals surface area contributed by atoms with E-state index >= 15 is 0 Å². The normalized spacial score (nSPS) is 11.5. The Bertz CT molecular complexity index is 672. The van der Waals surface area contributed by atoms with E-state index in [1.165, 1.54) is 21.8 Å². The van der Waals surface area contributed by atoms with Crippen LogP contribution in [0.25, 0.3) is 21.8 Å². The summed E-state index contributed by atoms with van der Waals surface area (Å²) in [7, 11) is 0. The van der Waals surface area contributed by atoms with Crippen molar-refractivity contribution in [1.29, 1.82) is 0 Å². The van der Waals surface area contributed by atoms with Gasteiger partial charge in [0.2, 0.25) is 11.0 Å². The quantitative estimate of drug-likeness (QED) is 0.425. The predicted octanol–water partition coefficient (Wildman–Crippen LogP) is 1.04. The molecule has 2 heteroatoms. The summed E-state index contributed by atoms with van der Waals surface area (Å²) in [5.41, 5.74) is 2.66. The molecule has 0 unspecified atom stereocenters. The highest BCUT2D eigenvalue weighted by Gasteiger charge is 2.27. The minimum absolute atomic E-state index is 0. The lowest BCUT2D eigenvalue weighted by Gasteiger charge is -2.17. The number of benzene rings is 2. The zero-order valence-electron chi connectivity index (χ0n) is 11.5. The van der Waals surface area contributed by atoms with Crippen LogP contribution >= 0.6 is 0 Å². The molecular weight excluding hydrogens is 254 g/mol. The molecule has 98 valence electrons. The monoisotopic (exact) mass is 271 g/mol. The molecule has 0 amide bonds. The fraction of sp³-hybridized carbons (Fsp3) is 0.235. The van der Waals surface area contributed by atoms with Gasteiger partial charge in [0.25, 0.3) is 0 Å². The van der Waals surface area contributed by atoms with Gasteiger partial charge in [-0.1, -0.05) is 24.3 Å². The summed E-state index contributed by atoms with van der Waals surface area (Å²) >= 11 is 0. The Labute approximate surface area is 120 Å². The van der Waals surface area contributed by atoms with E-state index in [9.17, 15) is 0 Å². The van der Waals surface area contributed by atoms with Crippen LogP contribution in [0.5, 0.6) is 0 Å². The average Bonchev–Trinajstić information content (AvgIpc) is 2.34. The fourth-order valence-electron chi connectivity index (χ4n) is 2.65. The van der Waals surface area contributed by atoms with Gasteiger partial charge in [-0.25, -0.2) is 0 Å². The van der Waals surface area contributed by atoms with Gasteiger partial charge in [0.15, 0.2) is 5.54 Å². The third-order valence-corrected chi connectivity index (χ3v) is 3.34. The van der Waals surface area contributed by atoms with Gasteiger partial charge in [-0.15, -0.1) is 0 Å². The first kappa shape index (κ1) is 13.8. The minimum Gasteiger partial charge on any atom is -1.00 e. The Morgan fingerprint density at radius 3 is 1.58 bits per heavy atom. The van der Waals surface area contributed by atoms with Crippen molar-refractivity contribution in [3.05, 3.63) is 54.6 Å². The highest BCUT2D eigenvalue weighted by atomic mass is 35.5. The zero-order chi connectivity index (χ0) is 12.8. The molecule has 0 aliphatic heterocycles. The molecule has 0 spiro atoms. The van der Waals surface area contributed by atoms with Gasteiger partial charge in [0, 0.05) is 43.7 Å². The van der Waals surface area contributed by atoms with Crippen molar-refractivity contribution in [2.45, 2.75) is 26.3 Å². The van der Waals surface area contributed by atoms with E-state index in [0.29, 0.717) is 0 Å². The molecule has 0 atom stereocenters. The van der Waals surface area contributed by atoms with Gasteiger partial charge < -0.3 is 12.4 Å². The van der Waals surface area contributed by atoms with E-state index in [4.69, 9.17) is 0 Å². The van der Waals surface area contributed by atoms with Crippen molar-refractivity contribution in [1.82, 2.24) is 0 Å². The number of fused-ring (bicyclic) bond motifs is 2. The third-order valence-electron chi connectivity index (χ3n) is 3.34. The maximum Gasteiger partial charge on any atom is 0.213 e. The maximum atomic E-state index is 2.43. The first-order chi connectivity index (χ1) is 8.57. The van der Waals surface area contributed by atoms with Crippen LogP contribution in [0.2, 0.25) is 0 Å². The number of rotatable bonds is 0. The molecule has 0 N–H and O–H groups in total. The third kappa shape index (κ3) is 2.31. The number of para-hydroxylation sites is 2. The fourth-order valence-corrected chi connectivity index (χ4v) is 2.65. The van der Waals surface area contributed by atoms with Crippen molar-refractivity contribution >= 4 is 21.8 Å². The summed E-state index contributed by atoms with van der Waals surface area (Å²) in [4.78, 5) is 0. The van der Waals surface area contributed by atoms with Gasteiger partial charge in [0.1, 0.15) is 0 Å². The summed E-state index contributed by atoms with van der Waals surface area (Å²) in [6.45, 7) is 6.77. The molecule has 0 fully saturated rings. The first-order valence-electron chi connectivity index (χ1n) is 6.40. The van der Waals surface area contributed by atoms with Crippen molar-refractivity contribution in [3.63, 3.8) is 0 Å². The lowest BCUT2D eigenvalue weighted by molar-refractivity contribution is -0.706. The van der Waals surface area contributed by atoms with E-state index in [1.54, 1.807) is 0 Å². The molecule has 0 saturated carbocycles. The first-order valence-corrected chi connectivity index (χ1v) is 6.40. The molecule has 0 saturated heterocycles. The van der Waals surface area contributed by atoms with Crippen LogP contribution < -0.4 is 17.0 Å². The Kier molecular flexibility index (Phi) is 3.51. The largest absolute Gasteiger partial charge is 1.00 e. The molecule has 19 heavy (non-hydrogen) atoms. The van der Waals surface area contributed by atoms with E-state index in [2.05, 4.69) is 79.9 Å². The SMILES string of the molecule is CC(C)(C)[n+]1c2ccccc2cc2ccccc21.[Cl-]. The van der Waals surface area contributed by atoms with E-state index in [-0.39, 0.29) is 17.9 Å². The molecule has 0 bridgehead atoms. The second kappa shape index (κ2) is 4.82. The molecule has 0 aliphatic carbocycles.